The molecule has 0 heterocycles. The fraction of sp³-hybridized carbons (Fsp3) is 0.0714. The van der Waals surface area contributed by atoms with Gasteiger partial charge in [0.05, 0.1) is 0 Å². The summed E-state index contributed by atoms with van der Waals surface area (Å²) < 4.78 is 1.02. The molecule has 0 radical (unpaired) electrons. The van der Waals surface area contributed by atoms with Crippen molar-refractivity contribution in [3.05, 3.63) is 64.1 Å². The first kappa shape index (κ1) is 12.6. The first-order valence-electron chi connectivity index (χ1n) is 5.53. The van der Waals surface area contributed by atoms with Crippen molar-refractivity contribution in [2.75, 3.05) is 5.73 Å². The van der Waals surface area contributed by atoms with Gasteiger partial charge in [0, 0.05) is 22.3 Å². The van der Waals surface area contributed by atoms with Crippen LogP contribution in [0.1, 0.15) is 15.9 Å². The molecule has 92 valence electrons. The number of amides is 1. The van der Waals surface area contributed by atoms with E-state index in [0.717, 1.165) is 10.0 Å². The third-order valence-electron chi connectivity index (χ3n) is 2.52. The Balaban J connectivity index is 1.98. The highest BCUT2D eigenvalue weighted by atomic mass is 79.9. The highest BCUT2D eigenvalue weighted by Crippen LogP contribution is 2.11. The van der Waals surface area contributed by atoms with Gasteiger partial charge in [-0.1, -0.05) is 34.1 Å². The smallest absolute Gasteiger partial charge is 0.251 e. The van der Waals surface area contributed by atoms with Gasteiger partial charge in [-0.3, -0.25) is 4.79 Å². The standard InChI is InChI=1S/C14H13BrN2O/c15-12-6-4-10(5-7-12)9-17-14(18)11-2-1-3-13(16)8-11/h1-8H,9,16H2,(H,17,18). The third kappa shape index (κ3) is 3.34. The Morgan fingerprint density at radius 2 is 1.89 bits per heavy atom. The second kappa shape index (κ2) is 5.69. The minimum absolute atomic E-state index is 0.120. The molecule has 2 rings (SSSR count). The van der Waals surface area contributed by atoms with Crippen LogP contribution in [0.3, 0.4) is 0 Å². The lowest BCUT2D eigenvalue weighted by Gasteiger charge is -2.06. The fourth-order valence-electron chi connectivity index (χ4n) is 1.57. The van der Waals surface area contributed by atoms with Gasteiger partial charge in [-0.05, 0) is 35.9 Å². The summed E-state index contributed by atoms with van der Waals surface area (Å²) in [5, 5.41) is 2.85. The lowest BCUT2D eigenvalue weighted by atomic mass is 10.2. The predicted molar refractivity (Wildman–Crippen MR) is 76.2 cm³/mol. The summed E-state index contributed by atoms with van der Waals surface area (Å²) in [5.41, 5.74) is 7.85. The monoisotopic (exact) mass is 304 g/mol. The van der Waals surface area contributed by atoms with E-state index in [2.05, 4.69) is 21.2 Å². The van der Waals surface area contributed by atoms with Gasteiger partial charge in [0.15, 0.2) is 0 Å². The Morgan fingerprint density at radius 3 is 2.56 bits per heavy atom. The van der Waals surface area contributed by atoms with E-state index in [4.69, 9.17) is 5.73 Å². The summed E-state index contributed by atoms with van der Waals surface area (Å²) in [7, 11) is 0. The number of nitrogen functional groups attached to an aromatic ring is 1. The Kier molecular flexibility index (Phi) is 3.99. The third-order valence-corrected chi connectivity index (χ3v) is 3.04. The van der Waals surface area contributed by atoms with E-state index in [1.807, 2.05) is 24.3 Å². The number of nitrogens with one attached hydrogen (secondary N) is 1. The molecular weight excluding hydrogens is 292 g/mol. The normalized spacial score (nSPS) is 10.1. The molecule has 0 aliphatic carbocycles. The summed E-state index contributed by atoms with van der Waals surface area (Å²) in [6.45, 7) is 0.501. The van der Waals surface area contributed by atoms with Crippen LogP contribution < -0.4 is 11.1 Å². The molecule has 0 spiro atoms. The molecule has 0 bridgehead atoms. The zero-order valence-corrected chi connectivity index (χ0v) is 11.3. The molecule has 2 aromatic rings. The molecule has 3 nitrogen and oxygen atoms in total. The molecule has 1 amide bonds. The fourth-order valence-corrected chi connectivity index (χ4v) is 1.83. The number of rotatable bonds is 3. The van der Waals surface area contributed by atoms with Crippen molar-refractivity contribution < 1.29 is 4.79 Å². The summed E-state index contributed by atoms with van der Waals surface area (Å²) in [6, 6.07) is 14.7. The number of carbonyl (C=O) groups excluding carboxylic acids is 1. The number of hydrogen-bond acceptors (Lipinski definition) is 2. The average molecular weight is 305 g/mol. The predicted octanol–water partition coefficient (Wildman–Crippen LogP) is 2.96. The zero-order chi connectivity index (χ0) is 13.0. The van der Waals surface area contributed by atoms with Crippen LogP contribution in [0.4, 0.5) is 5.69 Å². The van der Waals surface area contributed by atoms with Gasteiger partial charge in [0.2, 0.25) is 0 Å². The molecule has 0 atom stereocenters. The summed E-state index contributed by atoms with van der Waals surface area (Å²) in [5.74, 6) is -0.120. The summed E-state index contributed by atoms with van der Waals surface area (Å²) in [4.78, 5) is 11.9. The van der Waals surface area contributed by atoms with Crippen molar-refractivity contribution in [2.24, 2.45) is 0 Å². The first-order valence-corrected chi connectivity index (χ1v) is 6.32. The van der Waals surface area contributed by atoms with Gasteiger partial charge < -0.3 is 11.1 Å². The van der Waals surface area contributed by atoms with Gasteiger partial charge in [0.25, 0.3) is 5.91 Å². The quantitative estimate of drug-likeness (QED) is 0.857. The molecule has 0 aliphatic heterocycles. The van der Waals surface area contributed by atoms with E-state index in [0.29, 0.717) is 17.8 Å². The van der Waals surface area contributed by atoms with Gasteiger partial charge in [-0.25, -0.2) is 0 Å². The van der Waals surface area contributed by atoms with Crippen LogP contribution in [0.5, 0.6) is 0 Å². The number of anilines is 1. The van der Waals surface area contributed by atoms with Crippen molar-refractivity contribution in [3.8, 4) is 0 Å². The Morgan fingerprint density at radius 1 is 1.17 bits per heavy atom. The lowest BCUT2D eigenvalue weighted by Crippen LogP contribution is -2.22. The first-order chi connectivity index (χ1) is 8.65. The van der Waals surface area contributed by atoms with E-state index in [-0.39, 0.29) is 5.91 Å². The van der Waals surface area contributed by atoms with Gasteiger partial charge >= 0.3 is 0 Å². The van der Waals surface area contributed by atoms with Crippen LogP contribution in [-0.4, -0.2) is 5.91 Å². The Bertz CT molecular complexity index is 552. The molecule has 18 heavy (non-hydrogen) atoms. The van der Waals surface area contributed by atoms with E-state index in [1.54, 1.807) is 24.3 Å². The molecule has 0 unspecified atom stereocenters. The molecule has 0 saturated heterocycles. The number of halogens is 1. The minimum Gasteiger partial charge on any atom is -0.399 e. The number of carbonyl (C=O) groups is 1. The van der Waals surface area contributed by atoms with Crippen molar-refractivity contribution in [1.29, 1.82) is 0 Å². The molecule has 0 aliphatic rings. The van der Waals surface area contributed by atoms with E-state index < -0.39 is 0 Å². The number of hydrogen-bond donors (Lipinski definition) is 2. The van der Waals surface area contributed by atoms with Crippen molar-refractivity contribution in [3.63, 3.8) is 0 Å². The lowest BCUT2D eigenvalue weighted by molar-refractivity contribution is 0.0951. The van der Waals surface area contributed by atoms with E-state index in [1.165, 1.54) is 0 Å². The maximum atomic E-state index is 11.9. The van der Waals surface area contributed by atoms with Crippen LogP contribution >= 0.6 is 15.9 Å². The largest absolute Gasteiger partial charge is 0.399 e. The Hall–Kier alpha value is -1.81. The molecule has 0 aromatic heterocycles. The topological polar surface area (TPSA) is 55.1 Å². The van der Waals surface area contributed by atoms with Crippen LogP contribution in [0.2, 0.25) is 0 Å². The molecule has 3 N–H and O–H groups in total. The van der Waals surface area contributed by atoms with Gasteiger partial charge in [0.1, 0.15) is 0 Å². The SMILES string of the molecule is Nc1cccc(C(=O)NCc2ccc(Br)cc2)c1. The number of benzene rings is 2. The summed E-state index contributed by atoms with van der Waals surface area (Å²) >= 11 is 3.37. The molecular formula is C14H13BrN2O. The van der Waals surface area contributed by atoms with Crippen LogP contribution in [0.15, 0.2) is 53.0 Å². The molecule has 2 aromatic carbocycles. The highest BCUT2D eigenvalue weighted by Gasteiger charge is 2.04. The number of nitrogens with two attached hydrogens (primary N) is 1. The summed E-state index contributed by atoms with van der Waals surface area (Å²) in [6.07, 6.45) is 0. The Labute approximate surface area is 114 Å². The van der Waals surface area contributed by atoms with Crippen LogP contribution in [-0.2, 0) is 6.54 Å². The maximum absolute atomic E-state index is 11.9. The van der Waals surface area contributed by atoms with Crippen molar-refractivity contribution in [2.45, 2.75) is 6.54 Å². The molecule has 0 saturated carbocycles. The molecule has 4 heteroatoms. The van der Waals surface area contributed by atoms with Crippen molar-refractivity contribution in [1.82, 2.24) is 5.32 Å². The second-order valence-electron chi connectivity index (χ2n) is 3.93. The van der Waals surface area contributed by atoms with Crippen molar-refractivity contribution >= 4 is 27.5 Å². The minimum atomic E-state index is -0.120. The van der Waals surface area contributed by atoms with E-state index >= 15 is 0 Å². The van der Waals surface area contributed by atoms with Crippen LogP contribution in [0.25, 0.3) is 0 Å². The molecule has 0 fully saturated rings. The van der Waals surface area contributed by atoms with E-state index in [9.17, 15) is 4.79 Å². The average Bonchev–Trinajstić information content (AvgIpc) is 2.38. The van der Waals surface area contributed by atoms with Gasteiger partial charge in [-0.2, -0.15) is 0 Å². The highest BCUT2D eigenvalue weighted by molar-refractivity contribution is 9.10. The van der Waals surface area contributed by atoms with Gasteiger partial charge in [-0.15, -0.1) is 0 Å². The maximum Gasteiger partial charge on any atom is 0.251 e. The zero-order valence-electron chi connectivity index (χ0n) is 9.69. The van der Waals surface area contributed by atoms with Crippen LogP contribution in [0, 0.1) is 0 Å². The second-order valence-corrected chi connectivity index (χ2v) is 4.85.